The molecule has 8 nitrogen and oxygen atoms in total. The van der Waals surface area contributed by atoms with Gasteiger partial charge in [-0.15, -0.1) is 0 Å². The first kappa shape index (κ1) is 20.6. The summed E-state index contributed by atoms with van der Waals surface area (Å²) in [6.07, 6.45) is 6.28. The Balaban J connectivity index is 1.28. The summed E-state index contributed by atoms with van der Waals surface area (Å²) < 4.78 is 5.65. The van der Waals surface area contributed by atoms with Crippen molar-refractivity contribution in [1.82, 2.24) is 24.9 Å². The zero-order chi connectivity index (χ0) is 22.8. The highest BCUT2D eigenvalue weighted by molar-refractivity contribution is 6.31. The number of imidazole rings is 1. The van der Waals surface area contributed by atoms with Gasteiger partial charge in [0, 0.05) is 52.6 Å². The number of aromatic amines is 1. The first-order valence-electron chi connectivity index (χ1n) is 9.93. The van der Waals surface area contributed by atoms with Crippen molar-refractivity contribution in [1.29, 1.82) is 0 Å². The molecule has 0 atom stereocenters. The third-order valence-corrected chi connectivity index (χ3v) is 5.18. The summed E-state index contributed by atoms with van der Waals surface area (Å²) >= 11 is 6.04. The normalized spacial score (nSPS) is 10.9. The second kappa shape index (κ2) is 8.68. The minimum Gasteiger partial charge on any atom is -0.478 e. The lowest BCUT2D eigenvalue weighted by atomic mass is 10.1. The summed E-state index contributed by atoms with van der Waals surface area (Å²) in [5, 5.41) is 9.69. The Kier molecular flexibility index (Phi) is 5.42. The molecule has 0 fully saturated rings. The van der Waals surface area contributed by atoms with Gasteiger partial charge in [-0.2, -0.15) is 0 Å². The largest absolute Gasteiger partial charge is 0.478 e. The number of nitrogens with one attached hydrogen (secondary N) is 1. The standard InChI is InChI=1S/C24H16ClN5O3/c25-18-3-5-20-21(8-18)30-23(29-20)16-1-4-19(27-12-16)15-2-6-22(28-11-15)33-13-14-7-17(24(31)32)10-26-9-14/h1-12H,13H2,(H,29,30)(H,31,32). The zero-order valence-electron chi connectivity index (χ0n) is 17.1. The van der Waals surface area contributed by atoms with Crippen molar-refractivity contribution in [2.24, 2.45) is 0 Å². The molecule has 0 saturated heterocycles. The van der Waals surface area contributed by atoms with Crippen molar-refractivity contribution < 1.29 is 14.6 Å². The third kappa shape index (κ3) is 4.51. The molecule has 4 aromatic heterocycles. The molecule has 2 N–H and O–H groups in total. The predicted molar refractivity (Wildman–Crippen MR) is 123 cm³/mol. The van der Waals surface area contributed by atoms with E-state index in [0.717, 1.165) is 33.7 Å². The van der Waals surface area contributed by atoms with Gasteiger partial charge in [-0.1, -0.05) is 11.6 Å². The van der Waals surface area contributed by atoms with E-state index in [1.807, 2.05) is 36.4 Å². The lowest BCUT2D eigenvalue weighted by molar-refractivity contribution is 0.0696. The summed E-state index contributed by atoms with van der Waals surface area (Å²) in [4.78, 5) is 31.6. The van der Waals surface area contributed by atoms with Crippen LogP contribution in [0.1, 0.15) is 15.9 Å². The number of H-pyrrole nitrogens is 1. The van der Waals surface area contributed by atoms with Crippen LogP contribution < -0.4 is 4.74 Å². The van der Waals surface area contributed by atoms with Crippen molar-refractivity contribution in [2.75, 3.05) is 0 Å². The Hall–Kier alpha value is -4.30. The number of aromatic carboxylic acids is 1. The first-order chi connectivity index (χ1) is 16.0. The number of halogens is 1. The monoisotopic (exact) mass is 457 g/mol. The van der Waals surface area contributed by atoms with Gasteiger partial charge in [0.25, 0.3) is 0 Å². The Morgan fingerprint density at radius 1 is 0.970 bits per heavy atom. The highest BCUT2D eigenvalue weighted by Crippen LogP contribution is 2.25. The first-order valence-corrected chi connectivity index (χ1v) is 10.3. The van der Waals surface area contributed by atoms with Crippen LogP contribution in [0.2, 0.25) is 5.02 Å². The number of nitrogens with zero attached hydrogens (tertiary/aromatic N) is 4. The minimum absolute atomic E-state index is 0.111. The maximum absolute atomic E-state index is 11.0. The molecule has 0 spiro atoms. The molecule has 162 valence electrons. The van der Waals surface area contributed by atoms with Gasteiger partial charge in [-0.05, 0) is 42.5 Å². The summed E-state index contributed by atoms with van der Waals surface area (Å²) in [5.74, 6) is 0.0988. The second-order valence-electron chi connectivity index (χ2n) is 7.24. The molecule has 0 amide bonds. The molecular formula is C24H16ClN5O3. The maximum atomic E-state index is 11.0. The van der Waals surface area contributed by atoms with E-state index in [1.54, 1.807) is 24.7 Å². The van der Waals surface area contributed by atoms with Gasteiger partial charge in [0.15, 0.2) is 0 Å². The molecule has 9 heteroatoms. The molecule has 1 aromatic carbocycles. The second-order valence-corrected chi connectivity index (χ2v) is 7.68. The van der Waals surface area contributed by atoms with Gasteiger partial charge in [0.1, 0.15) is 12.4 Å². The minimum atomic E-state index is -1.03. The van der Waals surface area contributed by atoms with E-state index in [1.165, 1.54) is 12.3 Å². The van der Waals surface area contributed by atoms with E-state index >= 15 is 0 Å². The number of hydrogen-bond donors (Lipinski definition) is 2. The number of carboxylic acid groups (broad SMARTS) is 1. The molecule has 33 heavy (non-hydrogen) atoms. The van der Waals surface area contributed by atoms with E-state index in [-0.39, 0.29) is 12.2 Å². The fourth-order valence-electron chi connectivity index (χ4n) is 3.28. The van der Waals surface area contributed by atoms with Crippen LogP contribution in [-0.4, -0.2) is 36.0 Å². The fourth-order valence-corrected chi connectivity index (χ4v) is 3.44. The van der Waals surface area contributed by atoms with E-state index in [0.29, 0.717) is 16.5 Å². The van der Waals surface area contributed by atoms with Crippen molar-refractivity contribution in [2.45, 2.75) is 6.61 Å². The quantitative estimate of drug-likeness (QED) is 0.368. The SMILES string of the molecule is O=C(O)c1cncc(COc2ccc(-c3ccc(-c4nc5cc(Cl)ccc5[nH]4)cn3)cn2)c1. The molecule has 0 radical (unpaired) electrons. The fraction of sp³-hybridized carbons (Fsp3) is 0.0417. The van der Waals surface area contributed by atoms with Gasteiger partial charge in [-0.3, -0.25) is 9.97 Å². The smallest absolute Gasteiger partial charge is 0.337 e. The lowest BCUT2D eigenvalue weighted by Gasteiger charge is -2.07. The predicted octanol–water partition coefficient (Wildman–Crippen LogP) is 5.01. The summed E-state index contributed by atoms with van der Waals surface area (Å²) in [6, 6.07) is 14.5. The number of hydrogen-bond acceptors (Lipinski definition) is 6. The Morgan fingerprint density at radius 2 is 1.82 bits per heavy atom. The van der Waals surface area contributed by atoms with Gasteiger partial charge < -0.3 is 14.8 Å². The van der Waals surface area contributed by atoms with Crippen LogP contribution in [0.3, 0.4) is 0 Å². The van der Waals surface area contributed by atoms with Crippen LogP contribution in [0.4, 0.5) is 0 Å². The summed E-state index contributed by atoms with van der Waals surface area (Å²) in [7, 11) is 0. The van der Waals surface area contributed by atoms with Crippen molar-refractivity contribution in [3.05, 3.63) is 89.5 Å². The molecule has 0 bridgehead atoms. The number of aromatic nitrogens is 5. The molecule has 0 unspecified atom stereocenters. The van der Waals surface area contributed by atoms with Gasteiger partial charge in [0.2, 0.25) is 5.88 Å². The van der Waals surface area contributed by atoms with Crippen LogP contribution in [0.5, 0.6) is 5.88 Å². The number of benzene rings is 1. The molecule has 5 rings (SSSR count). The number of ether oxygens (including phenoxy) is 1. The highest BCUT2D eigenvalue weighted by atomic mass is 35.5. The Morgan fingerprint density at radius 3 is 2.58 bits per heavy atom. The van der Waals surface area contributed by atoms with Crippen LogP contribution in [0, 0.1) is 0 Å². The highest BCUT2D eigenvalue weighted by Gasteiger charge is 2.09. The van der Waals surface area contributed by atoms with Crippen LogP contribution in [0.25, 0.3) is 33.7 Å². The van der Waals surface area contributed by atoms with E-state index < -0.39 is 5.97 Å². The molecule has 0 aliphatic heterocycles. The molecule has 0 saturated carbocycles. The molecule has 4 heterocycles. The number of fused-ring (bicyclic) bond motifs is 1. The topological polar surface area (TPSA) is 114 Å². The zero-order valence-corrected chi connectivity index (χ0v) is 17.8. The van der Waals surface area contributed by atoms with Gasteiger partial charge in [-0.25, -0.2) is 14.8 Å². The average molecular weight is 458 g/mol. The molecule has 5 aromatic rings. The van der Waals surface area contributed by atoms with E-state index in [9.17, 15) is 4.79 Å². The van der Waals surface area contributed by atoms with Gasteiger partial charge in [0.05, 0.1) is 22.3 Å². The summed E-state index contributed by atoms with van der Waals surface area (Å²) in [5.41, 5.74) is 4.91. The maximum Gasteiger partial charge on any atom is 0.337 e. The number of rotatable bonds is 6. The Labute approximate surface area is 192 Å². The molecule has 0 aliphatic carbocycles. The molecular weight excluding hydrogens is 442 g/mol. The number of carboxylic acids is 1. The Bertz CT molecular complexity index is 1450. The average Bonchev–Trinajstić information content (AvgIpc) is 3.26. The van der Waals surface area contributed by atoms with Crippen LogP contribution in [-0.2, 0) is 6.61 Å². The third-order valence-electron chi connectivity index (χ3n) is 4.94. The number of pyridine rings is 3. The van der Waals surface area contributed by atoms with Crippen molar-refractivity contribution in [3.63, 3.8) is 0 Å². The van der Waals surface area contributed by atoms with E-state index in [2.05, 4.69) is 24.9 Å². The number of carbonyl (C=O) groups is 1. The van der Waals surface area contributed by atoms with Gasteiger partial charge >= 0.3 is 5.97 Å². The summed E-state index contributed by atoms with van der Waals surface area (Å²) in [6.45, 7) is 0.163. The van der Waals surface area contributed by atoms with E-state index in [4.69, 9.17) is 21.4 Å². The van der Waals surface area contributed by atoms with Crippen molar-refractivity contribution >= 4 is 28.6 Å². The van der Waals surface area contributed by atoms with Crippen LogP contribution in [0.15, 0.2) is 73.3 Å². The van der Waals surface area contributed by atoms with Crippen molar-refractivity contribution in [3.8, 4) is 28.5 Å². The molecule has 0 aliphatic rings. The lowest BCUT2D eigenvalue weighted by Crippen LogP contribution is -2.02. The van der Waals surface area contributed by atoms with Crippen LogP contribution >= 0.6 is 11.6 Å².